The summed E-state index contributed by atoms with van der Waals surface area (Å²) >= 11 is 13.8. The molecule has 0 aliphatic rings. The molecule has 1 unspecified atom stereocenters. The summed E-state index contributed by atoms with van der Waals surface area (Å²) in [6, 6.07) is 5.84. The summed E-state index contributed by atoms with van der Waals surface area (Å²) in [6.45, 7) is 6.94. The maximum absolute atomic E-state index is 6.16. The summed E-state index contributed by atoms with van der Waals surface area (Å²) in [6.07, 6.45) is 0. The first-order valence-corrected chi connectivity index (χ1v) is 7.66. The summed E-state index contributed by atoms with van der Waals surface area (Å²) < 4.78 is 0. The van der Waals surface area contributed by atoms with Gasteiger partial charge in [-0.2, -0.15) is 0 Å². The average Bonchev–Trinajstić information content (AvgIpc) is 2.67. The maximum Gasteiger partial charge on any atom is 0.0900 e. The van der Waals surface area contributed by atoms with E-state index in [9.17, 15) is 0 Å². The fraction of sp³-hybridized carbons (Fsp3) is 0.357. The van der Waals surface area contributed by atoms with Crippen LogP contribution in [0.4, 0.5) is 0 Å². The molecule has 2 aromatic rings. The highest BCUT2D eigenvalue weighted by molar-refractivity contribution is 7.11. The van der Waals surface area contributed by atoms with Crippen LogP contribution in [0.5, 0.6) is 0 Å². The Bertz CT molecular complexity index is 581. The van der Waals surface area contributed by atoms with Gasteiger partial charge in [0.2, 0.25) is 0 Å². The molecule has 0 radical (unpaired) electrons. The van der Waals surface area contributed by atoms with Crippen molar-refractivity contribution in [3.63, 3.8) is 0 Å². The first-order chi connectivity index (χ1) is 8.97. The fourth-order valence-electron chi connectivity index (χ4n) is 1.97. The molecule has 1 N–H and O–H groups in total. The van der Waals surface area contributed by atoms with Crippen molar-refractivity contribution in [2.24, 2.45) is 0 Å². The number of nitrogens with zero attached hydrogens (tertiary/aromatic N) is 1. The molecule has 0 aliphatic heterocycles. The van der Waals surface area contributed by atoms with E-state index in [-0.39, 0.29) is 6.04 Å². The van der Waals surface area contributed by atoms with Crippen LogP contribution in [0.3, 0.4) is 0 Å². The number of hydrogen-bond acceptors (Lipinski definition) is 3. The van der Waals surface area contributed by atoms with E-state index in [0.29, 0.717) is 16.6 Å². The number of rotatable bonds is 4. The van der Waals surface area contributed by atoms with E-state index in [1.807, 2.05) is 26.0 Å². The lowest BCUT2D eigenvalue weighted by molar-refractivity contribution is 0.579. The molecule has 19 heavy (non-hydrogen) atoms. The first-order valence-electron chi connectivity index (χ1n) is 6.08. The number of aromatic nitrogens is 1. The van der Waals surface area contributed by atoms with E-state index >= 15 is 0 Å². The Labute approximate surface area is 127 Å². The van der Waals surface area contributed by atoms with Crippen LogP contribution < -0.4 is 5.32 Å². The molecule has 0 amide bonds. The predicted molar refractivity (Wildman–Crippen MR) is 83.3 cm³/mol. The zero-order chi connectivity index (χ0) is 14.0. The lowest BCUT2D eigenvalue weighted by atomic mass is 10.2. The van der Waals surface area contributed by atoms with Gasteiger partial charge < -0.3 is 5.32 Å². The van der Waals surface area contributed by atoms with Gasteiger partial charge in [0, 0.05) is 27.5 Å². The van der Waals surface area contributed by atoms with Gasteiger partial charge in [-0.3, -0.25) is 0 Å². The monoisotopic (exact) mass is 314 g/mol. The molecule has 5 heteroatoms. The number of hydrogen-bond donors (Lipinski definition) is 1. The number of benzene rings is 1. The SMILES string of the molecule is Cc1nc(C)c(C(C)NCc2ccc(Cl)cc2Cl)s1. The van der Waals surface area contributed by atoms with E-state index in [0.717, 1.165) is 16.3 Å². The normalized spacial score (nSPS) is 12.7. The number of nitrogens with one attached hydrogen (secondary N) is 1. The molecule has 0 saturated heterocycles. The molecule has 0 saturated carbocycles. The zero-order valence-electron chi connectivity index (χ0n) is 11.1. The van der Waals surface area contributed by atoms with Crippen molar-refractivity contribution >= 4 is 34.5 Å². The summed E-state index contributed by atoms with van der Waals surface area (Å²) in [5, 5.41) is 5.94. The Hall–Kier alpha value is -0.610. The second kappa shape index (κ2) is 6.23. The van der Waals surface area contributed by atoms with Gasteiger partial charge in [0.05, 0.1) is 10.7 Å². The van der Waals surface area contributed by atoms with Crippen LogP contribution >= 0.6 is 34.5 Å². The van der Waals surface area contributed by atoms with Crippen LogP contribution in [0.1, 0.15) is 34.1 Å². The third-order valence-corrected chi connectivity index (χ3v) is 4.79. The molecule has 2 rings (SSSR count). The predicted octanol–water partition coefficient (Wildman–Crippen LogP) is 4.92. The molecule has 0 bridgehead atoms. The van der Waals surface area contributed by atoms with Gasteiger partial charge in [0.15, 0.2) is 0 Å². The fourth-order valence-corrected chi connectivity index (χ4v) is 3.40. The van der Waals surface area contributed by atoms with Crippen LogP contribution in [0, 0.1) is 13.8 Å². The second-order valence-electron chi connectivity index (χ2n) is 4.52. The highest BCUT2D eigenvalue weighted by Crippen LogP contribution is 2.26. The first kappa shape index (κ1) is 14.8. The van der Waals surface area contributed by atoms with E-state index in [1.54, 1.807) is 17.4 Å². The molecular formula is C14H16Cl2N2S. The standard InChI is InChI=1S/C14H16Cl2N2S/c1-8(14-9(2)18-10(3)19-14)17-7-11-4-5-12(15)6-13(11)16/h4-6,8,17H,7H2,1-3H3. The van der Waals surface area contributed by atoms with Crippen molar-refractivity contribution in [2.45, 2.75) is 33.4 Å². The third kappa shape index (κ3) is 3.69. The molecule has 1 atom stereocenters. The quantitative estimate of drug-likeness (QED) is 0.866. The maximum atomic E-state index is 6.16. The summed E-state index contributed by atoms with van der Waals surface area (Å²) in [4.78, 5) is 5.73. The summed E-state index contributed by atoms with van der Waals surface area (Å²) in [7, 11) is 0. The van der Waals surface area contributed by atoms with Crippen molar-refractivity contribution in [3.05, 3.63) is 49.4 Å². The summed E-state index contributed by atoms with van der Waals surface area (Å²) in [5.74, 6) is 0. The highest BCUT2D eigenvalue weighted by Gasteiger charge is 2.13. The topological polar surface area (TPSA) is 24.9 Å². The minimum absolute atomic E-state index is 0.262. The zero-order valence-corrected chi connectivity index (χ0v) is 13.5. The lowest BCUT2D eigenvalue weighted by Crippen LogP contribution is -2.18. The number of thiazole rings is 1. The van der Waals surface area contributed by atoms with Crippen LogP contribution in [-0.4, -0.2) is 4.98 Å². The summed E-state index contributed by atoms with van der Waals surface area (Å²) in [5.41, 5.74) is 2.15. The third-order valence-electron chi connectivity index (χ3n) is 2.95. The molecule has 0 spiro atoms. The molecule has 1 aromatic heterocycles. The Balaban J connectivity index is 2.04. The van der Waals surface area contributed by atoms with E-state index in [2.05, 4.69) is 17.2 Å². The van der Waals surface area contributed by atoms with Crippen molar-refractivity contribution in [1.29, 1.82) is 0 Å². The Morgan fingerprint density at radius 2 is 2.05 bits per heavy atom. The number of aryl methyl sites for hydroxylation is 2. The molecule has 0 fully saturated rings. The molecule has 2 nitrogen and oxygen atoms in total. The Morgan fingerprint density at radius 3 is 2.63 bits per heavy atom. The van der Waals surface area contributed by atoms with Gasteiger partial charge in [0.1, 0.15) is 0 Å². The molecular weight excluding hydrogens is 299 g/mol. The average molecular weight is 315 g/mol. The van der Waals surface area contributed by atoms with Crippen molar-refractivity contribution in [3.8, 4) is 0 Å². The van der Waals surface area contributed by atoms with Crippen LogP contribution in [-0.2, 0) is 6.54 Å². The van der Waals surface area contributed by atoms with E-state index in [4.69, 9.17) is 23.2 Å². The van der Waals surface area contributed by atoms with Gasteiger partial charge in [-0.1, -0.05) is 29.3 Å². The van der Waals surface area contributed by atoms with E-state index in [1.165, 1.54) is 4.88 Å². The Kier molecular flexibility index (Phi) is 4.85. The highest BCUT2D eigenvalue weighted by atomic mass is 35.5. The minimum atomic E-state index is 0.262. The second-order valence-corrected chi connectivity index (χ2v) is 6.60. The smallest absolute Gasteiger partial charge is 0.0900 e. The van der Waals surface area contributed by atoms with Crippen LogP contribution in [0.2, 0.25) is 10.0 Å². The van der Waals surface area contributed by atoms with Gasteiger partial charge >= 0.3 is 0 Å². The molecule has 0 aliphatic carbocycles. The Morgan fingerprint density at radius 1 is 1.32 bits per heavy atom. The van der Waals surface area contributed by atoms with Crippen molar-refractivity contribution < 1.29 is 0 Å². The van der Waals surface area contributed by atoms with E-state index < -0.39 is 0 Å². The van der Waals surface area contributed by atoms with Crippen molar-refractivity contribution in [2.75, 3.05) is 0 Å². The largest absolute Gasteiger partial charge is 0.305 e. The van der Waals surface area contributed by atoms with Gasteiger partial charge in [0.25, 0.3) is 0 Å². The molecule has 1 heterocycles. The van der Waals surface area contributed by atoms with Crippen LogP contribution in [0.15, 0.2) is 18.2 Å². The number of halogens is 2. The van der Waals surface area contributed by atoms with Gasteiger partial charge in [-0.15, -0.1) is 11.3 Å². The van der Waals surface area contributed by atoms with Crippen LogP contribution in [0.25, 0.3) is 0 Å². The van der Waals surface area contributed by atoms with Crippen molar-refractivity contribution in [1.82, 2.24) is 10.3 Å². The minimum Gasteiger partial charge on any atom is -0.305 e. The van der Waals surface area contributed by atoms with Gasteiger partial charge in [-0.25, -0.2) is 4.98 Å². The lowest BCUT2D eigenvalue weighted by Gasteiger charge is -2.13. The van der Waals surface area contributed by atoms with Gasteiger partial charge in [-0.05, 0) is 38.5 Å². The molecule has 1 aromatic carbocycles. The molecule has 102 valence electrons.